The predicted octanol–water partition coefficient (Wildman–Crippen LogP) is 3.91. The number of nitrogens with zero attached hydrogens (tertiary/aromatic N) is 5. The second kappa shape index (κ2) is 9.67. The number of aryl methyl sites for hydroxylation is 1. The van der Waals surface area contributed by atoms with Gasteiger partial charge in [0.05, 0.1) is 10.8 Å². The molecule has 0 aliphatic rings. The number of halogens is 2. The number of pyridine rings is 1. The van der Waals surface area contributed by atoms with Gasteiger partial charge in [0.25, 0.3) is 0 Å². The molecule has 0 aliphatic carbocycles. The molecule has 0 unspecified atom stereocenters. The van der Waals surface area contributed by atoms with Gasteiger partial charge < -0.3 is 9.84 Å². The zero-order valence-electron chi connectivity index (χ0n) is 15.9. The Hall–Kier alpha value is -3.31. The number of carbonyl (C=O) groups excluding carboxylic acids is 1. The first-order valence-electron chi connectivity index (χ1n) is 9.09. The number of benzene rings is 1. The highest BCUT2D eigenvalue weighted by Crippen LogP contribution is 2.22. The van der Waals surface area contributed by atoms with E-state index in [9.17, 15) is 9.18 Å². The van der Waals surface area contributed by atoms with Crippen LogP contribution in [-0.4, -0.2) is 36.2 Å². The molecule has 3 heterocycles. The van der Waals surface area contributed by atoms with Crippen molar-refractivity contribution >= 4 is 35.0 Å². The minimum absolute atomic E-state index is 0.0594. The molecule has 4 rings (SSSR count). The van der Waals surface area contributed by atoms with Crippen LogP contribution in [0.15, 0.2) is 52.4 Å². The zero-order chi connectivity index (χ0) is 21.6. The van der Waals surface area contributed by atoms with Gasteiger partial charge in [-0.3, -0.25) is 14.9 Å². The fraction of sp³-hybridized carbons (Fsp3) is 0.158. The normalized spacial score (nSPS) is 10.9. The quantitative estimate of drug-likeness (QED) is 0.380. The first-order chi connectivity index (χ1) is 15.1. The summed E-state index contributed by atoms with van der Waals surface area (Å²) in [6.07, 6.45) is 3.77. The molecule has 158 valence electrons. The van der Waals surface area contributed by atoms with Gasteiger partial charge in [0.2, 0.25) is 17.0 Å². The number of aromatic amines is 1. The van der Waals surface area contributed by atoms with Crippen LogP contribution in [0.2, 0.25) is 5.02 Å². The minimum Gasteiger partial charge on any atom is -0.339 e. The third-order valence-corrected chi connectivity index (χ3v) is 5.14. The van der Waals surface area contributed by atoms with E-state index in [1.165, 1.54) is 30.0 Å². The molecular formula is C19H15ClFN7O2S. The van der Waals surface area contributed by atoms with Gasteiger partial charge in [0.1, 0.15) is 5.82 Å². The molecule has 12 heteroatoms. The number of carbonyl (C=O) groups is 1. The first-order valence-corrected chi connectivity index (χ1v) is 10.4. The Morgan fingerprint density at radius 3 is 3.00 bits per heavy atom. The lowest BCUT2D eigenvalue weighted by Crippen LogP contribution is -2.12. The van der Waals surface area contributed by atoms with Gasteiger partial charge in [0, 0.05) is 36.5 Å². The molecule has 2 N–H and O–H groups in total. The maximum atomic E-state index is 13.2. The number of nitrogens with one attached hydrogen (secondary N) is 2. The molecule has 0 fully saturated rings. The van der Waals surface area contributed by atoms with Crippen LogP contribution in [-0.2, 0) is 17.0 Å². The maximum absolute atomic E-state index is 13.2. The van der Waals surface area contributed by atoms with Crippen LogP contribution in [0.25, 0.3) is 11.4 Å². The minimum atomic E-state index is -0.547. The van der Waals surface area contributed by atoms with Crippen LogP contribution >= 0.6 is 23.4 Å². The van der Waals surface area contributed by atoms with Crippen LogP contribution in [0.4, 0.5) is 10.1 Å². The van der Waals surface area contributed by atoms with Crippen molar-refractivity contribution in [3.63, 3.8) is 0 Å². The van der Waals surface area contributed by atoms with Gasteiger partial charge in [-0.25, -0.2) is 9.37 Å². The van der Waals surface area contributed by atoms with Crippen LogP contribution in [0.5, 0.6) is 0 Å². The highest BCUT2D eigenvalue weighted by Gasteiger charge is 2.12. The van der Waals surface area contributed by atoms with E-state index in [1.807, 2.05) is 12.1 Å². The Kier molecular flexibility index (Phi) is 6.53. The fourth-order valence-electron chi connectivity index (χ4n) is 2.54. The molecule has 0 spiro atoms. The fourth-order valence-corrected chi connectivity index (χ4v) is 3.36. The van der Waals surface area contributed by atoms with E-state index in [0.29, 0.717) is 34.1 Å². The van der Waals surface area contributed by atoms with Gasteiger partial charge in [-0.05, 0) is 30.3 Å². The van der Waals surface area contributed by atoms with Crippen molar-refractivity contribution in [1.82, 2.24) is 30.3 Å². The number of rotatable bonds is 8. The van der Waals surface area contributed by atoms with Crippen molar-refractivity contribution in [3.8, 4) is 11.4 Å². The van der Waals surface area contributed by atoms with Crippen molar-refractivity contribution in [3.05, 3.63) is 65.3 Å². The summed E-state index contributed by atoms with van der Waals surface area (Å²) in [5.41, 5.74) is 1.25. The smallest absolute Gasteiger partial charge is 0.227 e. The first kappa shape index (κ1) is 20.9. The average molecular weight is 460 g/mol. The van der Waals surface area contributed by atoms with Crippen molar-refractivity contribution in [2.24, 2.45) is 0 Å². The molecule has 3 aromatic heterocycles. The maximum Gasteiger partial charge on any atom is 0.227 e. The van der Waals surface area contributed by atoms with E-state index in [-0.39, 0.29) is 23.8 Å². The highest BCUT2D eigenvalue weighted by molar-refractivity contribution is 7.98. The SMILES string of the molecule is O=C(CCc1nc(CSc2n[nH]c(-c3cccnc3)n2)no1)Nc1ccc(F)c(Cl)c1. The van der Waals surface area contributed by atoms with E-state index >= 15 is 0 Å². The Bertz CT molecular complexity index is 1180. The molecule has 0 saturated carbocycles. The third-order valence-electron chi connectivity index (χ3n) is 4.01. The average Bonchev–Trinajstić information content (AvgIpc) is 3.44. The van der Waals surface area contributed by atoms with Crippen LogP contribution < -0.4 is 5.32 Å². The lowest BCUT2D eigenvalue weighted by atomic mass is 10.2. The van der Waals surface area contributed by atoms with E-state index < -0.39 is 5.82 Å². The van der Waals surface area contributed by atoms with Gasteiger partial charge in [0.15, 0.2) is 11.6 Å². The summed E-state index contributed by atoms with van der Waals surface area (Å²) in [6, 6.07) is 7.67. The monoisotopic (exact) mass is 459 g/mol. The van der Waals surface area contributed by atoms with Gasteiger partial charge in [-0.2, -0.15) is 4.98 Å². The van der Waals surface area contributed by atoms with Crippen LogP contribution in [0, 0.1) is 5.82 Å². The molecule has 0 saturated heterocycles. The van der Waals surface area contributed by atoms with E-state index in [2.05, 4.69) is 35.6 Å². The van der Waals surface area contributed by atoms with Gasteiger partial charge >= 0.3 is 0 Å². The molecule has 0 bridgehead atoms. The number of amides is 1. The summed E-state index contributed by atoms with van der Waals surface area (Å²) in [5, 5.41) is 14.0. The van der Waals surface area contributed by atoms with Crippen molar-refractivity contribution in [2.75, 3.05) is 5.32 Å². The second-order valence-corrected chi connectivity index (χ2v) is 7.63. The summed E-state index contributed by atoms with van der Waals surface area (Å²) in [4.78, 5) is 24.8. The number of aromatic nitrogens is 6. The molecular weight excluding hydrogens is 445 g/mol. The highest BCUT2D eigenvalue weighted by atomic mass is 35.5. The molecule has 1 aromatic carbocycles. The number of hydrogen-bond acceptors (Lipinski definition) is 8. The summed E-state index contributed by atoms with van der Waals surface area (Å²) < 4.78 is 18.4. The summed E-state index contributed by atoms with van der Waals surface area (Å²) in [7, 11) is 0. The topological polar surface area (TPSA) is 122 Å². The Balaban J connectivity index is 1.25. The Morgan fingerprint density at radius 2 is 2.19 bits per heavy atom. The summed E-state index contributed by atoms with van der Waals surface area (Å²) in [6.45, 7) is 0. The van der Waals surface area contributed by atoms with Gasteiger partial charge in [-0.15, -0.1) is 5.10 Å². The lowest BCUT2D eigenvalue weighted by Gasteiger charge is -2.04. The summed E-state index contributed by atoms with van der Waals surface area (Å²) in [5.74, 6) is 1.02. The molecule has 0 aliphatic heterocycles. The number of hydrogen-bond donors (Lipinski definition) is 2. The predicted molar refractivity (Wildman–Crippen MR) is 112 cm³/mol. The number of H-pyrrole nitrogens is 1. The van der Waals surface area contributed by atoms with Crippen LogP contribution in [0.1, 0.15) is 18.1 Å². The van der Waals surface area contributed by atoms with Crippen molar-refractivity contribution < 1.29 is 13.7 Å². The second-order valence-electron chi connectivity index (χ2n) is 6.28. The largest absolute Gasteiger partial charge is 0.339 e. The summed E-state index contributed by atoms with van der Waals surface area (Å²) >= 11 is 7.05. The van der Waals surface area contributed by atoms with E-state index in [1.54, 1.807) is 12.4 Å². The number of thioether (sulfide) groups is 1. The standard InChI is InChI=1S/C19H15ClFN7O2S/c20-13-8-12(3-4-14(13)21)23-16(29)5-6-17-24-15(28-30-17)10-31-19-25-18(26-27-19)11-2-1-7-22-9-11/h1-4,7-9H,5-6,10H2,(H,23,29)(H,25,26,27). The number of anilines is 1. The van der Waals surface area contributed by atoms with E-state index in [0.717, 1.165) is 5.56 Å². The zero-order valence-corrected chi connectivity index (χ0v) is 17.5. The van der Waals surface area contributed by atoms with Crippen LogP contribution in [0.3, 0.4) is 0 Å². The third kappa shape index (κ3) is 5.64. The Morgan fingerprint density at radius 1 is 1.29 bits per heavy atom. The van der Waals surface area contributed by atoms with Crippen molar-refractivity contribution in [1.29, 1.82) is 0 Å². The molecule has 1 amide bonds. The molecule has 4 aromatic rings. The molecule has 9 nitrogen and oxygen atoms in total. The molecule has 0 radical (unpaired) electrons. The molecule has 31 heavy (non-hydrogen) atoms. The van der Waals surface area contributed by atoms with E-state index in [4.69, 9.17) is 16.1 Å². The Labute approximate surface area is 184 Å². The molecule has 0 atom stereocenters. The van der Waals surface area contributed by atoms with Gasteiger partial charge in [-0.1, -0.05) is 28.5 Å². The lowest BCUT2D eigenvalue weighted by molar-refractivity contribution is -0.116. The van der Waals surface area contributed by atoms with Crippen molar-refractivity contribution in [2.45, 2.75) is 23.8 Å².